The van der Waals surface area contributed by atoms with E-state index in [0.29, 0.717) is 37.0 Å². The summed E-state index contributed by atoms with van der Waals surface area (Å²) < 4.78 is 27.5. The maximum atomic E-state index is 12.9. The molecule has 2 atom stereocenters. The Kier molecular flexibility index (Phi) is 7.71. The first-order valence-electron chi connectivity index (χ1n) is 11.0. The first-order valence-corrected chi connectivity index (χ1v) is 12.4. The monoisotopic (exact) mass is 421 g/mol. The minimum absolute atomic E-state index is 0.146. The quantitative estimate of drug-likeness (QED) is 0.687. The maximum absolute atomic E-state index is 12.9. The van der Waals surface area contributed by atoms with Crippen LogP contribution in [0.1, 0.15) is 56.3 Å². The third kappa shape index (κ3) is 6.03. The zero-order valence-electron chi connectivity index (χ0n) is 17.8. The van der Waals surface area contributed by atoms with Gasteiger partial charge in [0.1, 0.15) is 0 Å². The largest absolute Gasteiger partial charge is 0.352 e. The van der Waals surface area contributed by atoms with Crippen molar-refractivity contribution >= 4 is 15.9 Å². The highest BCUT2D eigenvalue weighted by Crippen LogP contribution is 2.26. The number of hydrogen-bond donors (Lipinski definition) is 1. The highest BCUT2D eigenvalue weighted by atomic mass is 32.2. The van der Waals surface area contributed by atoms with E-state index in [9.17, 15) is 13.2 Å². The fourth-order valence-electron chi connectivity index (χ4n) is 4.52. The molecule has 2 heterocycles. The second kappa shape index (κ2) is 10.0. The van der Waals surface area contributed by atoms with Crippen molar-refractivity contribution < 1.29 is 13.2 Å². The minimum Gasteiger partial charge on any atom is -0.352 e. The van der Waals surface area contributed by atoms with Crippen LogP contribution in [-0.2, 0) is 10.0 Å². The van der Waals surface area contributed by atoms with Crippen LogP contribution in [0, 0.1) is 11.8 Å². The smallest absolute Gasteiger partial charge is 0.251 e. The number of likely N-dealkylation sites (tertiary alicyclic amines) is 1. The van der Waals surface area contributed by atoms with E-state index in [-0.39, 0.29) is 10.8 Å². The van der Waals surface area contributed by atoms with E-state index in [1.807, 2.05) is 0 Å². The van der Waals surface area contributed by atoms with Gasteiger partial charge in [-0.05, 0) is 81.4 Å². The number of carbonyl (C=O) groups excluding carboxylic acids is 1. The van der Waals surface area contributed by atoms with E-state index in [0.717, 1.165) is 19.4 Å². The topological polar surface area (TPSA) is 69.7 Å². The summed E-state index contributed by atoms with van der Waals surface area (Å²) >= 11 is 0. The van der Waals surface area contributed by atoms with Crippen LogP contribution in [0.15, 0.2) is 29.2 Å². The number of hydrogen-bond acceptors (Lipinski definition) is 4. The molecule has 2 saturated heterocycles. The fourth-order valence-corrected chi connectivity index (χ4v) is 6.20. The molecule has 2 fully saturated rings. The Morgan fingerprint density at radius 2 is 1.66 bits per heavy atom. The highest BCUT2D eigenvalue weighted by molar-refractivity contribution is 7.89. The standard InChI is InChI=1S/C22H35N3O3S/c1-18-15-19(2)17-25(16-18)29(27,28)21-9-7-20(8-10-21)22(26)23-11-6-14-24-12-4-3-5-13-24/h7-10,18-19H,3-6,11-17H2,1-2H3,(H,23,26)/t18-,19-/m0/s1. The first kappa shape index (κ1) is 22.2. The third-order valence-corrected chi connectivity index (χ3v) is 7.82. The van der Waals surface area contributed by atoms with Gasteiger partial charge in [0.25, 0.3) is 5.91 Å². The molecule has 7 heteroatoms. The maximum Gasteiger partial charge on any atom is 0.251 e. The second-order valence-corrected chi connectivity index (χ2v) is 10.7. The molecule has 1 aromatic carbocycles. The number of amides is 1. The van der Waals surface area contributed by atoms with Crippen LogP contribution in [0.4, 0.5) is 0 Å². The summed E-state index contributed by atoms with van der Waals surface area (Å²) in [7, 11) is -3.51. The average Bonchev–Trinajstić information content (AvgIpc) is 2.71. The molecule has 1 N–H and O–H groups in total. The number of sulfonamides is 1. The number of nitrogens with one attached hydrogen (secondary N) is 1. The van der Waals surface area contributed by atoms with Gasteiger partial charge < -0.3 is 10.2 Å². The molecular weight excluding hydrogens is 386 g/mol. The Morgan fingerprint density at radius 1 is 1.03 bits per heavy atom. The molecule has 6 nitrogen and oxygen atoms in total. The molecule has 1 aromatic rings. The lowest BCUT2D eigenvalue weighted by Crippen LogP contribution is -2.42. The SMILES string of the molecule is C[C@H]1C[C@H](C)CN(S(=O)(=O)c2ccc(C(=O)NCCCN3CCCCC3)cc2)C1. The number of carbonyl (C=O) groups is 1. The van der Waals surface area contributed by atoms with Crippen molar-refractivity contribution in [3.05, 3.63) is 29.8 Å². The first-order chi connectivity index (χ1) is 13.9. The van der Waals surface area contributed by atoms with Crippen LogP contribution in [0.2, 0.25) is 0 Å². The minimum atomic E-state index is -3.51. The molecule has 2 aliphatic heterocycles. The number of nitrogens with zero attached hydrogens (tertiary/aromatic N) is 2. The van der Waals surface area contributed by atoms with Crippen molar-refractivity contribution in [3.8, 4) is 0 Å². The van der Waals surface area contributed by atoms with Gasteiger partial charge in [-0.2, -0.15) is 4.31 Å². The summed E-state index contributed by atoms with van der Waals surface area (Å²) in [5, 5.41) is 2.95. The Hall–Kier alpha value is -1.44. The van der Waals surface area contributed by atoms with Crippen molar-refractivity contribution in [1.82, 2.24) is 14.5 Å². The Balaban J connectivity index is 1.51. The van der Waals surface area contributed by atoms with Crippen LogP contribution in [0.5, 0.6) is 0 Å². The lowest BCUT2D eigenvalue weighted by molar-refractivity contribution is 0.0951. The zero-order chi connectivity index (χ0) is 20.9. The van der Waals surface area contributed by atoms with E-state index in [2.05, 4.69) is 24.1 Å². The molecule has 0 aliphatic carbocycles. The van der Waals surface area contributed by atoms with E-state index in [4.69, 9.17) is 0 Å². The lowest BCUT2D eigenvalue weighted by atomic mass is 9.94. The molecule has 2 aliphatic rings. The van der Waals surface area contributed by atoms with Gasteiger partial charge in [-0.1, -0.05) is 20.3 Å². The van der Waals surface area contributed by atoms with Gasteiger partial charge in [0, 0.05) is 25.2 Å². The van der Waals surface area contributed by atoms with Crippen molar-refractivity contribution in [3.63, 3.8) is 0 Å². The van der Waals surface area contributed by atoms with Crippen LogP contribution < -0.4 is 5.32 Å². The summed E-state index contributed by atoms with van der Waals surface area (Å²) in [5.41, 5.74) is 0.502. The van der Waals surface area contributed by atoms with Crippen molar-refractivity contribution in [1.29, 1.82) is 0 Å². The van der Waals surface area contributed by atoms with Gasteiger partial charge >= 0.3 is 0 Å². The van der Waals surface area contributed by atoms with Gasteiger partial charge in [0.05, 0.1) is 4.90 Å². The molecule has 0 radical (unpaired) electrons. The van der Waals surface area contributed by atoms with Crippen LogP contribution in [0.25, 0.3) is 0 Å². The highest BCUT2D eigenvalue weighted by Gasteiger charge is 2.31. The summed E-state index contributed by atoms with van der Waals surface area (Å²) in [4.78, 5) is 15.1. The molecular formula is C22H35N3O3S. The predicted octanol–water partition coefficient (Wildman–Crippen LogP) is 2.96. The molecule has 162 valence electrons. The molecule has 1 amide bonds. The Bertz CT molecular complexity index is 763. The van der Waals surface area contributed by atoms with E-state index in [1.165, 1.54) is 32.4 Å². The van der Waals surface area contributed by atoms with Crippen LogP contribution in [-0.4, -0.2) is 62.8 Å². The number of rotatable bonds is 7. The summed E-state index contributed by atoms with van der Waals surface area (Å²) in [6, 6.07) is 6.34. The van der Waals surface area contributed by atoms with Gasteiger partial charge in [0.2, 0.25) is 10.0 Å². The van der Waals surface area contributed by atoms with Crippen molar-refractivity contribution in [2.24, 2.45) is 11.8 Å². The molecule has 0 saturated carbocycles. The third-order valence-electron chi connectivity index (χ3n) is 5.97. The summed E-state index contributed by atoms with van der Waals surface area (Å²) in [5.74, 6) is 0.583. The Labute approximate surface area is 175 Å². The lowest BCUT2D eigenvalue weighted by Gasteiger charge is -2.34. The fraction of sp³-hybridized carbons (Fsp3) is 0.682. The molecule has 0 unspecified atom stereocenters. The predicted molar refractivity (Wildman–Crippen MR) is 115 cm³/mol. The van der Waals surface area contributed by atoms with Crippen LogP contribution in [0.3, 0.4) is 0 Å². The van der Waals surface area contributed by atoms with Crippen molar-refractivity contribution in [2.75, 3.05) is 39.3 Å². The average molecular weight is 422 g/mol. The second-order valence-electron chi connectivity index (χ2n) is 8.80. The number of piperidine rings is 2. The molecule has 29 heavy (non-hydrogen) atoms. The number of benzene rings is 1. The van der Waals surface area contributed by atoms with Crippen LogP contribution >= 0.6 is 0 Å². The van der Waals surface area contributed by atoms with E-state index in [1.54, 1.807) is 28.6 Å². The molecule has 0 aromatic heterocycles. The van der Waals surface area contributed by atoms with E-state index >= 15 is 0 Å². The summed E-state index contributed by atoms with van der Waals surface area (Å²) in [6.07, 6.45) is 5.87. The van der Waals surface area contributed by atoms with Crippen molar-refractivity contribution in [2.45, 2.75) is 50.8 Å². The van der Waals surface area contributed by atoms with Gasteiger partial charge in [-0.15, -0.1) is 0 Å². The van der Waals surface area contributed by atoms with Gasteiger partial charge in [-0.3, -0.25) is 4.79 Å². The van der Waals surface area contributed by atoms with Gasteiger partial charge in [0.15, 0.2) is 0 Å². The van der Waals surface area contributed by atoms with E-state index < -0.39 is 10.0 Å². The zero-order valence-corrected chi connectivity index (χ0v) is 18.6. The molecule has 0 spiro atoms. The van der Waals surface area contributed by atoms with Gasteiger partial charge in [-0.25, -0.2) is 8.42 Å². The normalized spacial score (nSPS) is 24.3. The summed E-state index contributed by atoms with van der Waals surface area (Å²) in [6.45, 7) is 9.30. The molecule has 0 bridgehead atoms. The molecule has 3 rings (SSSR count). The Morgan fingerprint density at radius 3 is 2.28 bits per heavy atom.